The predicted molar refractivity (Wildman–Crippen MR) is 125 cm³/mol. The van der Waals surface area contributed by atoms with E-state index in [0.717, 1.165) is 17.7 Å². The SMILES string of the molecule is Cc1nc(C(NC(=O)Cc2ccc(NS(=O)(=O)c3ccc(F)cc3)cc2)c2ccccc2)n[nH]1. The average molecular weight is 480 g/mol. The Labute approximate surface area is 196 Å². The first-order valence-corrected chi connectivity index (χ1v) is 11.9. The first-order chi connectivity index (χ1) is 16.3. The zero-order valence-corrected chi connectivity index (χ0v) is 19.0. The maximum Gasteiger partial charge on any atom is 0.261 e. The number of carbonyl (C=O) groups is 1. The van der Waals surface area contributed by atoms with Gasteiger partial charge in [0, 0.05) is 5.69 Å². The highest BCUT2D eigenvalue weighted by atomic mass is 32.2. The van der Waals surface area contributed by atoms with Crippen molar-refractivity contribution in [2.45, 2.75) is 24.3 Å². The first kappa shape index (κ1) is 23.1. The van der Waals surface area contributed by atoms with E-state index < -0.39 is 21.9 Å². The fraction of sp³-hybridized carbons (Fsp3) is 0.125. The van der Waals surface area contributed by atoms with Crippen molar-refractivity contribution >= 4 is 21.6 Å². The zero-order valence-electron chi connectivity index (χ0n) is 18.2. The number of benzene rings is 3. The first-order valence-electron chi connectivity index (χ1n) is 10.4. The van der Waals surface area contributed by atoms with Crippen LogP contribution in [0.4, 0.5) is 10.1 Å². The molecule has 0 aliphatic carbocycles. The standard InChI is InChI=1S/C24H22FN5O3S/c1-16-26-24(29-28-16)23(18-5-3-2-4-6-18)27-22(31)15-17-7-11-20(12-8-17)30-34(32,33)21-13-9-19(25)10-14-21/h2-14,23,30H,15H2,1H3,(H,27,31)(H,26,28,29). The van der Waals surface area contributed by atoms with Gasteiger partial charge in [0.25, 0.3) is 10.0 Å². The number of amides is 1. The fourth-order valence-electron chi connectivity index (χ4n) is 3.35. The molecule has 0 aliphatic rings. The van der Waals surface area contributed by atoms with E-state index in [-0.39, 0.29) is 17.2 Å². The lowest BCUT2D eigenvalue weighted by Gasteiger charge is -2.16. The number of hydrogen-bond acceptors (Lipinski definition) is 5. The Kier molecular flexibility index (Phi) is 6.69. The number of rotatable bonds is 8. The van der Waals surface area contributed by atoms with E-state index in [4.69, 9.17) is 0 Å². The summed E-state index contributed by atoms with van der Waals surface area (Å²) in [5, 5.41) is 9.95. The van der Waals surface area contributed by atoms with Gasteiger partial charge in [-0.3, -0.25) is 14.6 Å². The van der Waals surface area contributed by atoms with Crippen molar-refractivity contribution in [2.75, 3.05) is 4.72 Å². The Morgan fingerprint density at radius 1 is 1.00 bits per heavy atom. The quantitative estimate of drug-likeness (QED) is 0.358. The van der Waals surface area contributed by atoms with Gasteiger partial charge < -0.3 is 5.32 Å². The van der Waals surface area contributed by atoms with Crippen LogP contribution in [0.5, 0.6) is 0 Å². The van der Waals surface area contributed by atoms with E-state index in [2.05, 4.69) is 25.2 Å². The summed E-state index contributed by atoms with van der Waals surface area (Å²) in [5.74, 6) is 0.344. The summed E-state index contributed by atoms with van der Waals surface area (Å²) in [6.07, 6.45) is 0.0811. The summed E-state index contributed by atoms with van der Waals surface area (Å²) in [6, 6.07) is 19.9. The van der Waals surface area contributed by atoms with Crippen LogP contribution < -0.4 is 10.0 Å². The lowest BCUT2D eigenvalue weighted by Crippen LogP contribution is -2.31. The smallest absolute Gasteiger partial charge is 0.261 e. The number of aromatic amines is 1. The molecule has 0 bridgehead atoms. The van der Waals surface area contributed by atoms with Crippen molar-refractivity contribution in [2.24, 2.45) is 0 Å². The van der Waals surface area contributed by atoms with Crippen LogP contribution in [-0.4, -0.2) is 29.5 Å². The third-order valence-electron chi connectivity index (χ3n) is 5.01. The van der Waals surface area contributed by atoms with Gasteiger partial charge in [0.05, 0.1) is 11.3 Å². The molecular formula is C24H22FN5O3S. The third kappa shape index (κ3) is 5.65. The predicted octanol–water partition coefficient (Wildman–Crippen LogP) is 3.50. The van der Waals surface area contributed by atoms with Crippen LogP contribution in [0.1, 0.15) is 28.8 Å². The van der Waals surface area contributed by atoms with E-state index in [1.165, 1.54) is 12.1 Å². The highest BCUT2D eigenvalue weighted by Gasteiger charge is 2.21. The molecule has 3 N–H and O–H groups in total. The largest absolute Gasteiger partial charge is 0.342 e. The Morgan fingerprint density at radius 3 is 2.29 bits per heavy atom. The summed E-state index contributed by atoms with van der Waals surface area (Å²) in [7, 11) is -3.85. The molecule has 0 aliphatic heterocycles. The van der Waals surface area contributed by atoms with Crippen LogP contribution >= 0.6 is 0 Å². The van der Waals surface area contributed by atoms with Gasteiger partial charge in [0.15, 0.2) is 5.82 Å². The molecule has 1 heterocycles. The summed E-state index contributed by atoms with van der Waals surface area (Å²) >= 11 is 0. The third-order valence-corrected chi connectivity index (χ3v) is 6.40. The molecule has 8 nitrogen and oxygen atoms in total. The van der Waals surface area contributed by atoms with E-state index >= 15 is 0 Å². The van der Waals surface area contributed by atoms with Crippen molar-refractivity contribution in [1.82, 2.24) is 20.5 Å². The Bertz CT molecular complexity index is 1370. The number of hydrogen-bond donors (Lipinski definition) is 3. The van der Waals surface area contributed by atoms with Crippen molar-refractivity contribution in [1.29, 1.82) is 0 Å². The number of H-pyrrole nitrogens is 1. The van der Waals surface area contributed by atoms with E-state index in [1.54, 1.807) is 31.2 Å². The van der Waals surface area contributed by atoms with Crippen LogP contribution in [-0.2, 0) is 21.2 Å². The minimum Gasteiger partial charge on any atom is -0.342 e. The molecule has 0 saturated carbocycles. The molecule has 0 spiro atoms. The zero-order chi connectivity index (χ0) is 24.1. The van der Waals surface area contributed by atoms with Crippen molar-refractivity contribution in [3.63, 3.8) is 0 Å². The molecule has 1 atom stereocenters. The van der Waals surface area contributed by atoms with Crippen molar-refractivity contribution in [3.8, 4) is 0 Å². The Hall–Kier alpha value is -4.05. The monoisotopic (exact) mass is 479 g/mol. The normalized spacial score (nSPS) is 12.2. The van der Waals surface area contributed by atoms with E-state index in [0.29, 0.717) is 22.9 Å². The lowest BCUT2D eigenvalue weighted by molar-refractivity contribution is -0.121. The number of aryl methyl sites for hydroxylation is 1. The number of carbonyl (C=O) groups excluding carboxylic acids is 1. The number of aromatic nitrogens is 3. The van der Waals surface area contributed by atoms with Gasteiger partial charge >= 0.3 is 0 Å². The van der Waals surface area contributed by atoms with Crippen LogP contribution in [0.3, 0.4) is 0 Å². The summed E-state index contributed by atoms with van der Waals surface area (Å²) < 4.78 is 40.4. The molecule has 1 unspecified atom stereocenters. The number of nitrogens with one attached hydrogen (secondary N) is 3. The molecule has 10 heteroatoms. The molecule has 174 valence electrons. The van der Waals surface area contributed by atoms with Crippen molar-refractivity contribution in [3.05, 3.63) is 107 Å². The molecule has 1 amide bonds. The number of anilines is 1. The van der Waals surface area contributed by atoms with Gasteiger partial charge in [-0.1, -0.05) is 42.5 Å². The average Bonchev–Trinajstić information content (AvgIpc) is 3.25. The van der Waals surface area contributed by atoms with Crippen LogP contribution in [0, 0.1) is 12.7 Å². The maximum absolute atomic E-state index is 13.1. The van der Waals surface area contributed by atoms with Crippen LogP contribution in [0.2, 0.25) is 0 Å². The lowest BCUT2D eigenvalue weighted by atomic mass is 10.1. The van der Waals surface area contributed by atoms with Crippen molar-refractivity contribution < 1.29 is 17.6 Å². The maximum atomic E-state index is 13.1. The van der Waals surface area contributed by atoms with Crippen LogP contribution in [0.15, 0.2) is 83.8 Å². The number of sulfonamides is 1. The van der Waals surface area contributed by atoms with E-state index in [1.807, 2.05) is 30.3 Å². The molecule has 4 aromatic rings. The Morgan fingerprint density at radius 2 is 1.68 bits per heavy atom. The molecule has 3 aromatic carbocycles. The second kappa shape index (κ2) is 9.84. The van der Waals surface area contributed by atoms with Crippen LogP contribution in [0.25, 0.3) is 0 Å². The van der Waals surface area contributed by atoms with Gasteiger partial charge in [0.1, 0.15) is 17.7 Å². The highest BCUT2D eigenvalue weighted by Crippen LogP contribution is 2.20. The number of nitrogens with zero attached hydrogens (tertiary/aromatic N) is 2. The van der Waals surface area contributed by atoms with Gasteiger partial charge in [-0.15, -0.1) is 0 Å². The van der Waals surface area contributed by atoms with E-state index in [9.17, 15) is 17.6 Å². The summed E-state index contributed by atoms with van der Waals surface area (Å²) in [5.41, 5.74) is 1.87. The molecule has 1 aromatic heterocycles. The fourth-order valence-corrected chi connectivity index (χ4v) is 4.41. The summed E-state index contributed by atoms with van der Waals surface area (Å²) in [6.45, 7) is 1.78. The topological polar surface area (TPSA) is 117 Å². The van der Waals surface area contributed by atoms with Gasteiger partial charge in [-0.2, -0.15) is 5.10 Å². The molecule has 0 radical (unpaired) electrons. The molecule has 0 fully saturated rings. The summed E-state index contributed by atoms with van der Waals surface area (Å²) in [4.78, 5) is 17.1. The highest BCUT2D eigenvalue weighted by molar-refractivity contribution is 7.92. The molecular weight excluding hydrogens is 457 g/mol. The second-order valence-electron chi connectivity index (χ2n) is 7.62. The second-order valence-corrected chi connectivity index (χ2v) is 9.31. The van der Waals surface area contributed by atoms with Gasteiger partial charge in [-0.05, 0) is 54.4 Å². The molecule has 4 rings (SSSR count). The minimum absolute atomic E-state index is 0.0495. The minimum atomic E-state index is -3.85. The molecule has 34 heavy (non-hydrogen) atoms. The molecule has 0 saturated heterocycles. The van der Waals surface area contributed by atoms with Gasteiger partial charge in [0.2, 0.25) is 5.91 Å². The number of halogens is 1. The van der Waals surface area contributed by atoms with Gasteiger partial charge in [-0.25, -0.2) is 17.8 Å². The Balaban J connectivity index is 1.43.